The van der Waals surface area contributed by atoms with E-state index in [1.165, 1.54) is 7.11 Å². The molecule has 3 N–H and O–H groups in total. The molecule has 1 heterocycles. The first-order chi connectivity index (χ1) is 10.8. The van der Waals surface area contributed by atoms with Gasteiger partial charge < -0.3 is 15.8 Å². The number of carbonyl (C=O) groups is 3. The van der Waals surface area contributed by atoms with Crippen molar-refractivity contribution in [1.29, 1.82) is 0 Å². The van der Waals surface area contributed by atoms with E-state index in [4.69, 9.17) is 10.5 Å². The third-order valence-electron chi connectivity index (χ3n) is 3.73. The fourth-order valence-corrected chi connectivity index (χ4v) is 2.63. The first-order valence-electron chi connectivity index (χ1n) is 7.42. The van der Waals surface area contributed by atoms with E-state index in [1.807, 2.05) is 13.8 Å². The van der Waals surface area contributed by atoms with Crippen LogP contribution in [0.2, 0.25) is 0 Å². The number of methoxy groups -OCH3 is 1. The smallest absolute Gasteiger partial charge is 0.325 e. The highest BCUT2D eigenvalue weighted by molar-refractivity contribution is 6.07. The van der Waals surface area contributed by atoms with Crippen LogP contribution in [-0.2, 0) is 9.59 Å². The summed E-state index contributed by atoms with van der Waals surface area (Å²) in [5.74, 6) is -0.471. The quantitative estimate of drug-likeness (QED) is 0.769. The van der Waals surface area contributed by atoms with Crippen LogP contribution in [0.5, 0.6) is 5.75 Å². The molecular weight excluding hydrogens is 298 g/mol. The average molecular weight is 319 g/mol. The van der Waals surface area contributed by atoms with Gasteiger partial charge in [-0.05, 0) is 30.0 Å². The van der Waals surface area contributed by atoms with Crippen molar-refractivity contribution in [2.45, 2.75) is 32.4 Å². The van der Waals surface area contributed by atoms with Gasteiger partial charge in [0.1, 0.15) is 17.8 Å². The lowest BCUT2D eigenvalue weighted by atomic mass is 10.0. The highest BCUT2D eigenvalue weighted by atomic mass is 16.5. The molecule has 7 nitrogen and oxygen atoms in total. The number of nitrogens with one attached hydrogen (secondary N) is 1. The van der Waals surface area contributed by atoms with Crippen LogP contribution in [0.4, 0.5) is 4.79 Å². The van der Waals surface area contributed by atoms with Crippen LogP contribution in [0.25, 0.3) is 0 Å². The Labute approximate surface area is 134 Å². The van der Waals surface area contributed by atoms with Gasteiger partial charge in [-0.25, -0.2) is 9.69 Å². The van der Waals surface area contributed by atoms with E-state index in [0.717, 1.165) is 4.90 Å². The number of imide groups is 1. The molecular formula is C16H21N3O4. The lowest BCUT2D eigenvalue weighted by molar-refractivity contribution is -0.135. The van der Waals surface area contributed by atoms with Crippen LogP contribution < -0.4 is 15.8 Å². The molecule has 1 saturated heterocycles. The van der Waals surface area contributed by atoms with E-state index in [1.54, 1.807) is 24.3 Å². The molecule has 0 spiro atoms. The Morgan fingerprint density at radius 3 is 2.65 bits per heavy atom. The highest BCUT2D eigenvalue weighted by Crippen LogP contribution is 2.27. The van der Waals surface area contributed by atoms with Crippen LogP contribution in [0, 0.1) is 5.92 Å². The number of carbonyl (C=O) groups excluding carboxylic acids is 3. The van der Waals surface area contributed by atoms with Gasteiger partial charge in [-0.1, -0.05) is 26.0 Å². The minimum atomic E-state index is -0.946. The number of ether oxygens (including phenoxy) is 1. The van der Waals surface area contributed by atoms with Crippen molar-refractivity contribution < 1.29 is 19.1 Å². The largest absolute Gasteiger partial charge is 0.497 e. The summed E-state index contributed by atoms with van der Waals surface area (Å²) in [6.07, 6.45) is 0.333. The van der Waals surface area contributed by atoms with Crippen LogP contribution in [0.15, 0.2) is 24.3 Å². The predicted molar refractivity (Wildman–Crippen MR) is 83.6 cm³/mol. The summed E-state index contributed by atoms with van der Waals surface area (Å²) in [6, 6.07) is 4.48. The van der Waals surface area contributed by atoms with Gasteiger partial charge in [-0.15, -0.1) is 0 Å². The first kappa shape index (κ1) is 16.8. The van der Waals surface area contributed by atoms with Crippen LogP contribution >= 0.6 is 0 Å². The van der Waals surface area contributed by atoms with Gasteiger partial charge in [0.2, 0.25) is 5.91 Å². The summed E-state index contributed by atoms with van der Waals surface area (Å²) in [5, 5.41) is 2.60. The summed E-state index contributed by atoms with van der Waals surface area (Å²) < 4.78 is 5.13. The van der Waals surface area contributed by atoms with Gasteiger partial charge in [0.15, 0.2) is 0 Å². The SMILES string of the molecule is COc1cccc(C2NC(=O)N([C@@H](CC(C)C)C(N)=O)C2=O)c1. The Morgan fingerprint density at radius 2 is 2.09 bits per heavy atom. The molecule has 4 amide bonds. The molecule has 0 radical (unpaired) electrons. The van der Waals surface area contributed by atoms with Crippen molar-refractivity contribution in [1.82, 2.24) is 10.2 Å². The summed E-state index contributed by atoms with van der Waals surface area (Å²) >= 11 is 0. The molecule has 1 fully saturated rings. The molecule has 124 valence electrons. The molecule has 1 aliphatic heterocycles. The van der Waals surface area contributed by atoms with Gasteiger partial charge in [-0.3, -0.25) is 9.59 Å². The molecule has 1 aliphatic rings. The fourth-order valence-electron chi connectivity index (χ4n) is 2.63. The van der Waals surface area contributed by atoms with Crippen molar-refractivity contribution in [3.63, 3.8) is 0 Å². The van der Waals surface area contributed by atoms with E-state index < -0.39 is 29.9 Å². The van der Waals surface area contributed by atoms with E-state index >= 15 is 0 Å². The normalized spacial score (nSPS) is 19.0. The number of amides is 4. The van der Waals surface area contributed by atoms with E-state index in [0.29, 0.717) is 17.7 Å². The number of rotatable bonds is 6. The molecule has 0 bridgehead atoms. The van der Waals surface area contributed by atoms with Crippen molar-refractivity contribution in [2.24, 2.45) is 11.7 Å². The van der Waals surface area contributed by atoms with Crippen molar-refractivity contribution >= 4 is 17.8 Å². The number of hydrogen-bond acceptors (Lipinski definition) is 4. The Kier molecular flexibility index (Phi) is 4.88. The molecule has 2 atom stereocenters. The number of primary amides is 1. The molecule has 1 aromatic rings. The second kappa shape index (κ2) is 6.68. The van der Waals surface area contributed by atoms with Crippen LogP contribution in [0.3, 0.4) is 0 Å². The molecule has 0 aliphatic carbocycles. The molecule has 0 aromatic heterocycles. The molecule has 2 rings (SSSR count). The summed E-state index contributed by atoms with van der Waals surface area (Å²) in [7, 11) is 1.52. The van der Waals surface area contributed by atoms with Gasteiger partial charge in [0, 0.05) is 0 Å². The van der Waals surface area contributed by atoms with Gasteiger partial charge in [-0.2, -0.15) is 0 Å². The summed E-state index contributed by atoms with van der Waals surface area (Å²) in [5.41, 5.74) is 5.98. The Morgan fingerprint density at radius 1 is 1.39 bits per heavy atom. The van der Waals surface area contributed by atoms with E-state index in [9.17, 15) is 14.4 Å². The standard InChI is InChI=1S/C16H21N3O4/c1-9(2)7-12(14(17)20)19-15(21)13(18-16(19)22)10-5-4-6-11(8-10)23-3/h4-6,8-9,12-13H,7H2,1-3H3,(H2,17,20)(H,18,22)/t12-,13?/m0/s1. The lowest BCUT2D eigenvalue weighted by Crippen LogP contribution is -2.48. The monoisotopic (exact) mass is 319 g/mol. The second-order valence-corrected chi connectivity index (χ2v) is 5.92. The molecule has 1 unspecified atom stereocenters. The zero-order chi connectivity index (χ0) is 17.1. The zero-order valence-electron chi connectivity index (χ0n) is 13.4. The maximum Gasteiger partial charge on any atom is 0.325 e. The Balaban J connectivity index is 2.29. The minimum Gasteiger partial charge on any atom is -0.497 e. The number of benzene rings is 1. The second-order valence-electron chi connectivity index (χ2n) is 5.92. The van der Waals surface area contributed by atoms with Crippen LogP contribution in [0.1, 0.15) is 31.9 Å². The fraction of sp³-hybridized carbons (Fsp3) is 0.438. The van der Waals surface area contributed by atoms with Crippen molar-refractivity contribution in [3.8, 4) is 5.75 Å². The van der Waals surface area contributed by atoms with E-state index in [2.05, 4.69) is 5.32 Å². The highest BCUT2D eigenvalue weighted by Gasteiger charge is 2.44. The summed E-state index contributed by atoms with van der Waals surface area (Å²) in [4.78, 5) is 37.5. The van der Waals surface area contributed by atoms with E-state index in [-0.39, 0.29) is 5.92 Å². The maximum atomic E-state index is 12.6. The average Bonchev–Trinajstić information content (AvgIpc) is 2.79. The van der Waals surface area contributed by atoms with Crippen LogP contribution in [-0.4, -0.2) is 35.9 Å². The van der Waals surface area contributed by atoms with Gasteiger partial charge in [0.25, 0.3) is 5.91 Å². The van der Waals surface area contributed by atoms with Crippen molar-refractivity contribution in [3.05, 3.63) is 29.8 Å². The van der Waals surface area contributed by atoms with Crippen molar-refractivity contribution in [2.75, 3.05) is 7.11 Å². The molecule has 0 saturated carbocycles. The Hall–Kier alpha value is -2.57. The molecule has 7 heteroatoms. The maximum absolute atomic E-state index is 12.6. The third kappa shape index (κ3) is 3.44. The first-order valence-corrected chi connectivity index (χ1v) is 7.42. The minimum absolute atomic E-state index is 0.115. The summed E-state index contributed by atoms with van der Waals surface area (Å²) in [6.45, 7) is 3.79. The number of nitrogens with zero attached hydrogens (tertiary/aromatic N) is 1. The molecule has 23 heavy (non-hydrogen) atoms. The Bertz CT molecular complexity index is 630. The number of urea groups is 1. The lowest BCUT2D eigenvalue weighted by Gasteiger charge is -2.24. The number of hydrogen-bond donors (Lipinski definition) is 2. The zero-order valence-corrected chi connectivity index (χ0v) is 13.4. The van der Waals surface area contributed by atoms with Gasteiger partial charge >= 0.3 is 6.03 Å². The predicted octanol–water partition coefficient (Wildman–Crippen LogP) is 1.19. The topological polar surface area (TPSA) is 102 Å². The van der Waals surface area contributed by atoms with Gasteiger partial charge in [0.05, 0.1) is 7.11 Å². The number of nitrogens with two attached hydrogens (primary N) is 1. The molecule has 1 aromatic carbocycles. The third-order valence-corrected chi connectivity index (χ3v) is 3.73.